The van der Waals surface area contributed by atoms with E-state index in [-0.39, 0.29) is 23.6 Å². The Bertz CT molecular complexity index is 441. The van der Waals surface area contributed by atoms with E-state index in [1.807, 2.05) is 0 Å². The van der Waals surface area contributed by atoms with Gasteiger partial charge < -0.3 is 15.5 Å². The molecule has 1 aromatic carbocycles. The molecule has 0 fully saturated rings. The van der Waals surface area contributed by atoms with Crippen molar-refractivity contribution in [3.05, 3.63) is 23.8 Å². The van der Waals surface area contributed by atoms with Crippen molar-refractivity contribution in [2.24, 2.45) is 0 Å². The number of aromatic hydroxyl groups is 1. The second-order valence-electron chi connectivity index (χ2n) is 3.36. The van der Waals surface area contributed by atoms with Crippen LogP contribution < -0.4 is 5.32 Å². The van der Waals surface area contributed by atoms with Gasteiger partial charge in [0.1, 0.15) is 11.8 Å². The Balaban J connectivity index is 2.46. The molecule has 0 radical (unpaired) electrons. The lowest BCUT2D eigenvalue weighted by atomic mass is 9.96. The zero-order chi connectivity index (χ0) is 11.0. The molecule has 1 aliphatic rings. The van der Waals surface area contributed by atoms with Crippen molar-refractivity contribution in [3.63, 3.8) is 0 Å². The average Bonchev–Trinajstić information content (AvgIpc) is 2.19. The van der Waals surface area contributed by atoms with Gasteiger partial charge in [0.05, 0.1) is 5.69 Å². The number of carboxylic acid groups (broad SMARTS) is 1. The Labute approximate surface area is 85.3 Å². The molecule has 1 unspecified atom stereocenters. The fourth-order valence-corrected chi connectivity index (χ4v) is 1.59. The minimum atomic E-state index is -1.10. The maximum atomic E-state index is 11.5. The monoisotopic (exact) mass is 207 g/mol. The summed E-state index contributed by atoms with van der Waals surface area (Å²) in [6.07, 6.45) is -0.0915. The van der Waals surface area contributed by atoms with Crippen LogP contribution in [0.1, 0.15) is 16.8 Å². The van der Waals surface area contributed by atoms with E-state index < -0.39 is 12.0 Å². The molecule has 5 heteroatoms. The zero-order valence-electron chi connectivity index (χ0n) is 7.73. The highest BCUT2D eigenvalue weighted by molar-refractivity contribution is 6.07. The summed E-state index contributed by atoms with van der Waals surface area (Å²) in [4.78, 5) is 22.3. The van der Waals surface area contributed by atoms with Crippen LogP contribution >= 0.6 is 0 Å². The van der Waals surface area contributed by atoms with E-state index in [1.165, 1.54) is 6.07 Å². The predicted molar refractivity (Wildman–Crippen MR) is 52.1 cm³/mol. The number of phenolic OH excluding ortho intramolecular Hbond substituents is 1. The largest absolute Gasteiger partial charge is 0.506 e. The van der Waals surface area contributed by atoms with Gasteiger partial charge in [-0.1, -0.05) is 6.07 Å². The van der Waals surface area contributed by atoms with Crippen molar-refractivity contribution in [2.45, 2.75) is 12.5 Å². The molecule has 0 saturated carbocycles. The number of ketones is 1. The van der Waals surface area contributed by atoms with Crippen LogP contribution in [-0.2, 0) is 4.79 Å². The van der Waals surface area contributed by atoms with Crippen molar-refractivity contribution < 1.29 is 19.8 Å². The lowest BCUT2D eigenvalue weighted by Gasteiger charge is -2.23. The number of phenols is 1. The van der Waals surface area contributed by atoms with Crippen LogP contribution in [-0.4, -0.2) is 28.0 Å². The number of para-hydroxylation sites is 1. The summed E-state index contributed by atoms with van der Waals surface area (Å²) >= 11 is 0. The molecule has 0 aliphatic carbocycles. The third-order valence-corrected chi connectivity index (χ3v) is 2.35. The van der Waals surface area contributed by atoms with Gasteiger partial charge in [0.15, 0.2) is 5.78 Å². The fraction of sp³-hybridized carbons (Fsp3) is 0.200. The molecule has 3 N–H and O–H groups in total. The first kappa shape index (κ1) is 9.51. The summed E-state index contributed by atoms with van der Waals surface area (Å²) in [5.41, 5.74) is 0.550. The van der Waals surface area contributed by atoms with Gasteiger partial charge in [-0.05, 0) is 12.1 Å². The number of carbonyl (C=O) groups is 2. The zero-order valence-corrected chi connectivity index (χ0v) is 7.73. The van der Waals surface area contributed by atoms with Gasteiger partial charge in [-0.25, -0.2) is 4.79 Å². The molecule has 0 bridgehead atoms. The molecule has 1 aliphatic heterocycles. The van der Waals surface area contributed by atoms with Gasteiger partial charge >= 0.3 is 5.97 Å². The number of carbonyl (C=O) groups excluding carboxylic acids is 1. The first-order valence-electron chi connectivity index (χ1n) is 4.44. The Morgan fingerprint density at radius 3 is 2.87 bits per heavy atom. The number of carboxylic acids is 1. The molecular formula is C10H9NO4. The molecule has 0 aromatic heterocycles. The van der Waals surface area contributed by atoms with Crippen LogP contribution in [0, 0.1) is 0 Å². The number of aliphatic carboxylic acids is 1. The van der Waals surface area contributed by atoms with Crippen molar-refractivity contribution in [1.29, 1.82) is 0 Å². The second kappa shape index (κ2) is 3.27. The number of anilines is 1. The molecule has 2 rings (SSSR count). The summed E-state index contributed by atoms with van der Waals surface area (Å²) in [6, 6.07) is 3.55. The van der Waals surface area contributed by atoms with E-state index in [0.717, 1.165) is 0 Å². The van der Waals surface area contributed by atoms with Crippen molar-refractivity contribution in [3.8, 4) is 5.75 Å². The predicted octanol–water partition coefficient (Wildman–Crippen LogP) is 0.844. The van der Waals surface area contributed by atoms with Gasteiger partial charge in [-0.3, -0.25) is 4.79 Å². The number of rotatable bonds is 1. The molecule has 0 spiro atoms. The summed E-state index contributed by atoms with van der Waals surface area (Å²) in [6.45, 7) is 0. The topological polar surface area (TPSA) is 86.6 Å². The fourth-order valence-electron chi connectivity index (χ4n) is 1.59. The van der Waals surface area contributed by atoms with E-state index in [4.69, 9.17) is 5.11 Å². The van der Waals surface area contributed by atoms with Crippen LogP contribution in [0.2, 0.25) is 0 Å². The third-order valence-electron chi connectivity index (χ3n) is 2.35. The normalized spacial score (nSPS) is 19.2. The molecule has 15 heavy (non-hydrogen) atoms. The van der Waals surface area contributed by atoms with E-state index in [2.05, 4.69) is 5.32 Å². The van der Waals surface area contributed by atoms with E-state index in [0.29, 0.717) is 5.56 Å². The quantitative estimate of drug-likeness (QED) is 0.594. The average molecular weight is 207 g/mol. The smallest absolute Gasteiger partial charge is 0.326 e. The van der Waals surface area contributed by atoms with Gasteiger partial charge in [0, 0.05) is 12.0 Å². The van der Waals surface area contributed by atoms with Gasteiger partial charge in [-0.15, -0.1) is 0 Å². The maximum absolute atomic E-state index is 11.5. The molecule has 1 aromatic rings. The molecule has 1 heterocycles. The number of nitrogens with one attached hydrogen (secondary N) is 1. The van der Waals surface area contributed by atoms with E-state index >= 15 is 0 Å². The Hall–Kier alpha value is -2.04. The molecule has 1 atom stereocenters. The Kier molecular flexibility index (Phi) is 2.07. The Morgan fingerprint density at radius 2 is 2.20 bits per heavy atom. The lowest BCUT2D eigenvalue weighted by Crippen LogP contribution is -2.36. The van der Waals surface area contributed by atoms with Crippen LogP contribution in [0.4, 0.5) is 5.69 Å². The standard InChI is InChI=1S/C10H9NO4/c12-7-3-1-2-5-8(13)4-6(10(14)15)11-9(5)7/h1-3,6,11-12H,4H2,(H,14,15). The second-order valence-corrected chi connectivity index (χ2v) is 3.36. The number of hydrogen-bond donors (Lipinski definition) is 3. The van der Waals surface area contributed by atoms with Crippen molar-refractivity contribution in [1.82, 2.24) is 0 Å². The van der Waals surface area contributed by atoms with E-state index in [9.17, 15) is 14.7 Å². The van der Waals surface area contributed by atoms with Gasteiger partial charge in [0.2, 0.25) is 0 Å². The molecular weight excluding hydrogens is 198 g/mol. The number of fused-ring (bicyclic) bond motifs is 1. The lowest BCUT2D eigenvalue weighted by molar-refractivity contribution is -0.137. The van der Waals surface area contributed by atoms with Crippen LogP contribution in [0.5, 0.6) is 5.75 Å². The summed E-state index contributed by atoms with van der Waals surface area (Å²) < 4.78 is 0. The summed E-state index contributed by atoms with van der Waals surface area (Å²) in [5.74, 6) is -1.48. The molecule has 78 valence electrons. The van der Waals surface area contributed by atoms with E-state index in [1.54, 1.807) is 12.1 Å². The first-order valence-corrected chi connectivity index (χ1v) is 4.44. The number of hydrogen-bond acceptors (Lipinski definition) is 4. The van der Waals surface area contributed by atoms with Gasteiger partial charge in [-0.2, -0.15) is 0 Å². The highest BCUT2D eigenvalue weighted by Crippen LogP contribution is 2.32. The maximum Gasteiger partial charge on any atom is 0.326 e. The van der Waals surface area contributed by atoms with Crippen LogP contribution in [0.3, 0.4) is 0 Å². The number of benzene rings is 1. The van der Waals surface area contributed by atoms with Gasteiger partial charge in [0.25, 0.3) is 0 Å². The summed E-state index contributed by atoms with van der Waals surface area (Å²) in [7, 11) is 0. The molecule has 5 nitrogen and oxygen atoms in total. The van der Waals surface area contributed by atoms with Crippen molar-refractivity contribution in [2.75, 3.05) is 5.32 Å². The Morgan fingerprint density at radius 1 is 1.47 bits per heavy atom. The molecule has 0 amide bonds. The minimum Gasteiger partial charge on any atom is -0.506 e. The number of Topliss-reactive ketones (excluding diaryl/α,β-unsaturated/α-hetero) is 1. The highest BCUT2D eigenvalue weighted by atomic mass is 16.4. The first-order chi connectivity index (χ1) is 7.09. The van der Waals surface area contributed by atoms with Crippen LogP contribution in [0.25, 0.3) is 0 Å². The highest BCUT2D eigenvalue weighted by Gasteiger charge is 2.30. The SMILES string of the molecule is O=C1CC(C(=O)O)Nc2c(O)cccc21. The third kappa shape index (κ3) is 1.52. The summed E-state index contributed by atoms with van der Waals surface area (Å²) in [5, 5.41) is 20.9. The van der Waals surface area contributed by atoms with Crippen LogP contribution in [0.15, 0.2) is 18.2 Å². The van der Waals surface area contributed by atoms with Crippen molar-refractivity contribution >= 4 is 17.4 Å². The molecule has 0 saturated heterocycles. The minimum absolute atomic E-state index is 0.0915.